The Labute approximate surface area is 362 Å². The number of ether oxygens (including phenoxy) is 12. The molecule has 0 spiro atoms. The van der Waals surface area contributed by atoms with Crippen LogP contribution < -0.4 is 0 Å². The number of benzene rings is 2. The van der Waals surface area contributed by atoms with Crippen LogP contribution in [0.15, 0.2) is 53.4 Å². The molecule has 0 bridgehead atoms. The Morgan fingerprint density at radius 3 is 1.08 bits per heavy atom. The molecule has 0 heterocycles. The lowest BCUT2D eigenvalue weighted by atomic mass is 10.0. The number of rotatable bonds is 44. The van der Waals surface area contributed by atoms with Crippen LogP contribution in [0, 0.1) is 6.92 Å². The van der Waals surface area contributed by atoms with Crippen molar-refractivity contribution in [3.8, 4) is 0 Å². The molecule has 16 nitrogen and oxygen atoms in total. The highest BCUT2D eigenvalue weighted by Gasteiger charge is 2.18. The van der Waals surface area contributed by atoms with Crippen LogP contribution in [0.2, 0.25) is 0 Å². The molecule has 0 radical (unpaired) electrons. The van der Waals surface area contributed by atoms with Crippen LogP contribution in [0.3, 0.4) is 0 Å². The maximum atomic E-state index is 12.7. The molecule has 0 aliphatic rings. The molecule has 2 rings (SSSR count). The first-order valence-electron chi connectivity index (χ1n) is 21.2. The molecule has 0 aromatic heterocycles. The highest BCUT2D eigenvalue weighted by Crippen LogP contribution is 2.16. The molecular formula is C44H70O16S. The van der Waals surface area contributed by atoms with Gasteiger partial charge in [0.05, 0.1) is 156 Å². The Morgan fingerprint density at radius 2 is 0.738 bits per heavy atom. The second-order valence-corrected chi connectivity index (χ2v) is 15.5. The first-order chi connectivity index (χ1) is 29.8. The van der Waals surface area contributed by atoms with Gasteiger partial charge in [0, 0.05) is 37.2 Å². The predicted octanol–water partition coefficient (Wildman–Crippen LogP) is 4.22. The van der Waals surface area contributed by atoms with E-state index in [4.69, 9.17) is 56.8 Å². The molecule has 0 aliphatic heterocycles. The van der Waals surface area contributed by atoms with Gasteiger partial charge in [0.25, 0.3) is 0 Å². The highest BCUT2D eigenvalue weighted by atomic mass is 32.2. The lowest BCUT2D eigenvalue weighted by molar-refractivity contribution is -0.0282. The second kappa shape index (κ2) is 37.8. The Hall–Kier alpha value is -2.75. The number of hydrogen-bond donors (Lipinski definition) is 0. The maximum Gasteiger partial charge on any atom is 0.178 e. The van der Waals surface area contributed by atoms with E-state index in [0.717, 1.165) is 5.56 Å². The summed E-state index contributed by atoms with van der Waals surface area (Å²) in [5.41, 5.74) is 1.69. The Balaban J connectivity index is 1.27. The topological polar surface area (TPSA) is 179 Å². The van der Waals surface area contributed by atoms with Gasteiger partial charge >= 0.3 is 0 Å². The average Bonchev–Trinajstić information content (AvgIpc) is 3.26. The third kappa shape index (κ3) is 30.1. The van der Waals surface area contributed by atoms with Crippen LogP contribution in [0.5, 0.6) is 0 Å². The van der Waals surface area contributed by atoms with Crippen molar-refractivity contribution in [2.75, 3.05) is 164 Å². The largest absolute Gasteiger partial charge is 0.379 e. The van der Waals surface area contributed by atoms with Crippen molar-refractivity contribution in [1.82, 2.24) is 0 Å². The minimum absolute atomic E-state index is 0.110. The van der Waals surface area contributed by atoms with E-state index in [2.05, 4.69) is 0 Å². The van der Waals surface area contributed by atoms with E-state index in [1.807, 2.05) is 13.8 Å². The lowest BCUT2D eigenvalue weighted by Gasteiger charge is -2.09. The van der Waals surface area contributed by atoms with Gasteiger partial charge in [0.15, 0.2) is 21.4 Å². The Morgan fingerprint density at radius 1 is 0.426 bits per heavy atom. The zero-order valence-electron chi connectivity index (χ0n) is 36.4. The van der Waals surface area contributed by atoms with E-state index >= 15 is 0 Å². The number of hydrogen-bond acceptors (Lipinski definition) is 16. The van der Waals surface area contributed by atoms with Crippen LogP contribution in [0.1, 0.15) is 52.5 Å². The molecule has 0 N–H and O–H groups in total. The summed E-state index contributed by atoms with van der Waals surface area (Å²) in [6.07, 6.45) is 0.612. The van der Waals surface area contributed by atoms with E-state index in [0.29, 0.717) is 176 Å². The molecule has 0 atom stereocenters. The zero-order valence-corrected chi connectivity index (χ0v) is 37.2. The van der Waals surface area contributed by atoms with E-state index in [1.165, 1.54) is 6.07 Å². The zero-order chi connectivity index (χ0) is 43.9. The van der Waals surface area contributed by atoms with Crippen LogP contribution in [0.4, 0.5) is 0 Å². The minimum atomic E-state index is -3.59. The van der Waals surface area contributed by atoms with E-state index in [1.54, 1.807) is 42.5 Å². The smallest absolute Gasteiger partial charge is 0.178 e. The Bertz CT molecular complexity index is 1470. The number of sulfone groups is 1. The van der Waals surface area contributed by atoms with Gasteiger partial charge in [-0.2, -0.15) is 0 Å². The van der Waals surface area contributed by atoms with Gasteiger partial charge in [-0.25, -0.2) is 8.42 Å². The summed E-state index contributed by atoms with van der Waals surface area (Å²) in [5.74, 6) is -0.733. The minimum Gasteiger partial charge on any atom is -0.379 e. The standard InChI is InChI=1S/C44H70O16S/c1-3-49-15-16-51-19-20-53-23-24-55-27-28-57-31-32-59-35-36-60-34-33-58-30-29-56-26-25-54-22-21-52-18-17-50-14-5-8-43(45)40-6-4-7-41(38-40)44(46)13-37-61(47,48)42-11-9-39(2)10-12-42/h4,6-7,9-12,38H,3,5,8,13-37H2,1-2H3. The summed E-state index contributed by atoms with van der Waals surface area (Å²) in [6.45, 7) is 15.6. The Kier molecular flexibility index (Phi) is 33.7. The molecule has 348 valence electrons. The highest BCUT2D eigenvalue weighted by molar-refractivity contribution is 7.91. The van der Waals surface area contributed by atoms with Gasteiger partial charge in [-0.1, -0.05) is 35.9 Å². The van der Waals surface area contributed by atoms with Gasteiger partial charge in [-0.3, -0.25) is 9.59 Å². The molecule has 0 amide bonds. The molecule has 61 heavy (non-hydrogen) atoms. The van der Waals surface area contributed by atoms with Crippen molar-refractivity contribution in [3.63, 3.8) is 0 Å². The molecule has 0 saturated heterocycles. The summed E-state index contributed by atoms with van der Waals surface area (Å²) in [7, 11) is -3.59. The molecule has 0 fully saturated rings. The van der Waals surface area contributed by atoms with Crippen molar-refractivity contribution < 1.29 is 74.8 Å². The summed E-state index contributed by atoms with van der Waals surface area (Å²) < 4.78 is 90.7. The van der Waals surface area contributed by atoms with Crippen LogP contribution >= 0.6 is 0 Å². The summed E-state index contributed by atoms with van der Waals surface area (Å²) in [5, 5.41) is 0. The van der Waals surface area contributed by atoms with E-state index in [-0.39, 0.29) is 35.1 Å². The molecule has 0 saturated carbocycles. The van der Waals surface area contributed by atoms with Gasteiger partial charge in [0.1, 0.15) is 0 Å². The van der Waals surface area contributed by atoms with Crippen molar-refractivity contribution in [2.24, 2.45) is 0 Å². The fraction of sp³-hybridized carbons (Fsp3) is 0.682. The van der Waals surface area contributed by atoms with Crippen molar-refractivity contribution in [2.45, 2.75) is 38.0 Å². The monoisotopic (exact) mass is 886 g/mol. The van der Waals surface area contributed by atoms with Gasteiger partial charge < -0.3 is 56.8 Å². The van der Waals surface area contributed by atoms with Gasteiger partial charge in [0.2, 0.25) is 0 Å². The molecule has 0 aliphatic carbocycles. The van der Waals surface area contributed by atoms with Crippen molar-refractivity contribution in [3.05, 3.63) is 65.2 Å². The fourth-order valence-electron chi connectivity index (χ4n) is 5.14. The number of Topliss-reactive ketones (excluding diaryl/α,β-unsaturated/α-hetero) is 2. The van der Waals surface area contributed by atoms with Crippen LogP contribution in [-0.2, 0) is 66.7 Å². The molecule has 0 unspecified atom stereocenters. The summed E-state index contributed by atoms with van der Waals surface area (Å²) >= 11 is 0. The van der Waals surface area contributed by atoms with Gasteiger partial charge in [-0.05, 0) is 38.5 Å². The number of ketones is 2. The maximum absolute atomic E-state index is 12.7. The first kappa shape index (κ1) is 54.4. The predicted molar refractivity (Wildman–Crippen MR) is 228 cm³/mol. The summed E-state index contributed by atoms with van der Waals surface area (Å²) in [6, 6.07) is 13.0. The van der Waals surface area contributed by atoms with E-state index in [9.17, 15) is 18.0 Å². The number of carbonyl (C=O) groups is 2. The SMILES string of the molecule is CCOCCOCCOCCOCCOCCOCCOCCOCCOCCOCCOCCOCCCC(=O)c1cccc(C(=O)CCS(=O)(=O)c2ccc(C)cc2)c1. The fourth-order valence-corrected chi connectivity index (χ4v) is 6.38. The second-order valence-electron chi connectivity index (χ2n) is 13.3. The normalized spacial score (nSPS) is 11.7. The quantitative estimate of drug-likeness (QED) is 0.0682. The number of aryl methyl sites for hydroxylation is 1. The first-order valence-corrected chi connectivity index (χ1v) is 22.9. The average molecular weight is 887 g/mol. The van der Waals surface area contributed by atoms with Crippen molar-refractivity contribution >= 4 is 21.4 Å². The summed E-state index contributed by atoms with van der Waals surface area (Å²) in [4.78, 5) is 25.6. The van der Waals surface area contributed by atoms with Crippen LogP contribution in [-0.4, -0.2) is 184 Å². The molecule has 2 aromatic rings. The lowest BCUT2D eigenvalue weighted by Crippen LogP contribution is -2.15. The molecule has 2 aromatic carbocycles. The van der Waals surface area contributed by atoms with E-state index < -0.39 is 9.84 Å². The van der Waals surface area contributed by atoms with Crippen molar-refractivity contribution in [1.29, 1.82) is 0 Å². The molecular weight excluding hydrogens is 817 g/mol. The number of carbonyl (C=O) groups excluding carboxylic acids is 2. The van der Waals surface area contributed by atoms with Crippen LogP contribution in [0.25, 0.3) is 0 Å². The third-order valence-electron chi connectivity index (χ3n) is 8.47. The van der Waals surface area contributed by atoms with Gasteiger partial charge in [-0.15, -0.1) is 0 Å². The third-order valence-corrected chi connectivity index (χ3v) is 10.2. The molecule has 17 heteroatoms.